The Balaban J connectivity index is 2.40. The van der Waals surface area contributed by atoms with Gasteiger partial charge >= 0.3 is 0 Å². The maximum Gasteiger partial charge on any atom is 0.257 e. The Morgan fingerprint density at radius 2 is 0.744 bits per heavy atom. The van der Waals surface area contributed by atoms with Crippen molar-refractivity contribution in [3.8, 4) is 0 Å². The molecule has 0 saturated heterocycles. The van der Waals surface area contributed by atoms with E-state index in [2.05, 4.69) is 49.6 Å². The van der Waals surface area contributed by atoms with Crippen molar-refractivity contribution in [3.63, 3.8) is 0 Å². The molecule has 43 heavy (non-hydrogen) atoms. The number of imidazole rings is 1. The molecule has 0 aliphatic heterocycles. The van der Waals surface area contributed by atoms with Crippen LogP contribution < -0.4 is 4.57 Å². The Morgan fingerprint density at radius 1 is 0.442 bits per heavy atom. The second kappa shape index (κ2) is 31.2. The summed E-state index contributed by atoms with van der Waals surface area (Å²) in [6.45, 7) is 9.42. The predicted octanol–water partition coefficient (Wildman–Crippen LogP) is 14.5. The summed E-state index contributed by atoms with van der Waals surface area (Å²) in [5.74, 6) is 2.25. The Hall–Kier alpha value is -0.790. The average Bonchev–Trinajstić information content (AvgIpc) is 3.51. The van der Waals surface area contributed by atoms with Crippen LogP contribution in [-0.4, -0.2) is 4.98 Å². The van der Waals surface area contributed by atoms with E-state index in [1.54, 1.807) is 0 Å². The van der Waals surface area contributed by atoms with Crippen molar-refractivity contribution in [2.24, 2.45) is 0 Å². The number of hydrogen-bond acceptors (Lipinski definition) is 0. The Morgan fingerprint density at radius 3 is 1.09 bits per heavy atom. The second-order valence-electron chi connectivity index (χ2n) is 14.4. The highest BCUT2D eigenvalue weighted by Gasteiger charge is 2.25. The van der Waals surface area contributed by atoms with Crippen LogP contribution in [-0.2, 0) is 0 Å². The Labute approximate surface area is 272 Å². The molecule has 0 bridgehead atoms. The van der Waals surface area contributed by atoms with Crippen molar-refractivity contribution in [1.82, 2.24) is 4.98 Å². The minimum Gasteiger partial charge on any atom is -0.247 e. The number of nitrogens with one attached hydrogen (secondary N) is 1. The van der Waals surface area contributed by atoms with Crippen LogP contribution in [0, 0.1) is 0 Å². The average molecular weight is 602 g/mol. The van der Waals surface area contributed by atoms with Crippen LogP contribution in [0.1, 0.15) is 251 Å². The molecular weight excluding hydrogens is 520 g/mol. The third-order valence-electron chi connectivity index (χ3n) is 10.1. The molecule has 1 aromatic rings. The van der Waals surface area contributed by atoms with Crippen LogP contribution in [0.25, 0.3) is 0 Å². The number of rotatable bonds is 34. The SMILES string of the molecule is CCCCCCCCCCCCCCCC(CCCCCCCCCC)c1[nH]cc[n+]1C(C)CCCCCCCCCC. The molecule has 0 amide bonds. The molecule has 2 atom stereocenters. The fraction of sp³-hybridized carbons (Fsp3) is 0.927. The first-order chi connectivity index (χ1) is 21.2. The summed E-state index contributed by atoms with van der Waals surface area (Å²) < 4.78 is 2.64. The van der Waals surface area contributed by atoms with E-state index >= 15 is 0 Å². The number of H-pyrrole nitrogens is 1. The highest BCUT2D eigenvalue weighted by molar-refractivity contribution is 4.90. The first-order valence-corrected chi connectivity index (χ1v) is 20.3. The lowest BCUT2D eigenvalue weighted by atomic mass is 9.92. The number of unbranched alkanes of at least 4 members (excludes halogenated alkanes) is 26. The zero-order chi connectivity index (χ0) is 31.1. The van der Waals surface area contributed by atoms with Crippen LogP contribution in [0.2, 0.25) is 0 Å². The van der Waals surface area contributed by atoms with Crippen LogP contribution in [0.5, 0.6) is 0 Å². The van der Waals surface area contributed by atoms with Crippen LogP contribution in [0.3, 0.4) is 0 Å². The van der Waals surface area contributed by atoms with Gasteiger partial charge in [-0.3, -0.25) is 0 Å². The molecule has 2 nitrogen and oxygen atoms in total. The largest absolute Gasteiger partial charge is 0.257 e. The van der Waals surface area contributed by atoms with Crippen molar-refractivity contribution in [2.75, 3.05) is 0 Å². The minimum absolute atomic E-state index is 0.619. The number of hydrogen-bond donors (Lipinski definition) is 1. The van der Waals surface area contributed by atoms with E-state index in [-0.39, 0.29) is 0 Å². The van der Waals surface area contributed by atoms with Gasteiger partial charge in [0.1, 0.15) is 12.4 Å². The number of aromatic amines is 1. The van der Waals surface area contributed by atoms with E-state index in [0.717, 1.165) is 0 Å². The van der Waals surface area contributed by atoms with E-state index in [1.807, 2.05) is 0 Å². The van der Waals surface area contributed by atoms with Crippen molar-refractivity contribution in [3.05, 3.63) is 18.2 Å². The van der Waals surface area contributed by atoms with Gasteiger partial charge in [0.25, 0.3) is 5.82 Å². The third-order valence-corrected chi connectivity index (χ3v) is 10.1. The quantitative estimate of drug-likeness (QED) is 0.0599. The fourth-order valence-corrected chi connectivity index (χ4v) is 7.13. The second-order valence-corrected chi connectivity index (χ2v) is 14.4. The lowest BCUT2D eigenvalue weighted by molar-refractivity contribution is -0.727. The highest BCUT2D eigenvalue weighted by Crippen LogP contribution is 2.27. The summed E-state index contributed by atoms with van der Waals surface area (Å²) in [4.78, 5) is 3.75. The van der Waals surface area contributed by atoms with Crippen LogP contribution in [0.15, 0.2) is 12.4 Å². The van der Waals surface area contributed by atoms with E-state index in [0.29, 0.717) is 12.0 Å². The van der Waals surface area contributed by atoms with E-state index < -0.39 is 0 Å². The maximum absolute atomic E-state index is 3.75. The monoisotopic (exact) mass is 602 g/mol. The molecular formula is C41H81N2+. The summed E-state index contributed by atoms with van der Waals surface area (Å²) in [5.41, 5.74) is 0. The topological polar surface area (TPSA) is 19.7 Å². The van der Waals surface area contributed by atoms with Gasteiger partial charge in [0, 0.05) is 0 Å². The molecule has 1 heterocycles. The molecule has 0 saturated carbocycles. The zero-order valence-corrected chi connectivity index (χ0v) is 30.4. The lowest BCUT2D eigenvalue weighted by Crippen LogP contribution is -2.41. The van der Waals surface area contributed by atoms with E-state index in [1.165, 1.54) is 211 Å². The predicted molar refractivity (Wildman–Crippen MR) is 193 cm³/mol. The van der Waals surface area contributed by atoms with Gasteiger partial charge < -0.3 is 0 Å². The van der Waals surface area contributed by atoms with Crippen molar-refractivity contribution in [1.29, 1.82) is 0 Å². The molecule has 254 valence electrons. The van der Waals surface area contributed by atoms with Gasteiger partial charge in [-0.05, 0) is 32.6 Å². The summed E-state index contributed by atoms with van der Waals surface area (Å²) in [6.07, 6.45) is 50.2. The molecule has 0 aliphatic carbocycles. The standard InChI is InChI=1S/C41H80N2/c1-5-8-11-14-17-20-21-22-23-24-27-30-33-36-40(35-32-29-26-19-16-13-10-7-3)41-42-37-38-43(41)39(4)34-31-28-25-18-15-12-9-6-2/h37-40H,5-36H2,1-4H3/p+1. The van der Waals surface area contributed by atoms with Crippen molar-refractivity contribution in [2.45, 2.75) is 245 Å². The minimum atomic E-state index is 0.619. The molecule has 0 fully saturated rings. The molecule has 1 aromatic heterocycles. The summed E-state index contributed by atoms with van der Waals surface area (Å²) in [6, 6.07) is 0.619. The summed E-state index contributed by atoms with van der Waals surface area (Å²) >= 11 is 0. The smallest absolute Gasteiger partial charge is 0.247 e. The third kappa shape index (κ3) is 23.2. The summed E-state index contributed by atoms with van der Waals surface area (Å²) in [5, 5.41) is 0. The summed E-state index contributed by atoms with van der Waals surface area (Å²) in [7, 11) is 0. The van der Waals surface area contributed by atoms with Gasteiger partial charge in [-0.15, -0.1) is 0 Å². The van der Waals surface area contributed by atoms with Crippen molar-refractivity contribution < 1.29 is 4.57 Å². The fourth-order valence-electron chi connectivity index (χ4n) is 7.13. The first kappa shape index (κ1) is 40.2. The van der Waals surface area contributed by atoms with Crippen LogP contribution in [0.4, 0.5) is 0 Å². The molecule has 0 aromatic carbocycles. The van der Waals surface area contributed by atoms with Gasteiger partial charge in [0.15, 0.2) is 0 Å². The van der Waals surface area contributed by atoms with E-state index in [9.17, 15) is 0 Å². The molecule has 1 rings (SSSR count). The molecule has 2 heteroatoms. The lowest BCUT2D eigenvalue weighted by Gasteiger charge is -2.17. The Bertz CT molecular complexity index is 664. The molecule has 2 unspecified atom stereocenters. The molecule has 0 spiro atoms. The van der Waals surface area contributed by atoms with Crippen LogP contribution >= 0.6 is 0 Å². The number of nitrogens with zero attached hydrogens (tertiary/aromatic N) is 1. The normalized spacial score (nSPS) is 13.1. The molecule has 0 aliphatic rings. The molecule has 0 radical (unpaired) electrons. The van der Waals surface area contributed by atoms with Gasteiger partial charge in [0.2, 0.25) is 0 Å². The number of aromatic nitrogens is 2. The zero-order valence-electron chi connectivity index (χ0n) is 30.4. The maximum atomic E-state index is 3.75. The van der Waals surface area contributed by atoms with Gasteiger partial charge in [-0.25, -0.2) is 9.55 Å². The van der Waals surface area contributed by atoms with Gasteiger partial charge in [-0.1, -0.05) is 201 Å². The van der Waals surface area contributed by atoms with Crippen molar-refractivity contribution >= 4 is 0 Å². The Kier molecular flexibility index (Phi) is 29.2. The van der Waals surface area contributed by atoms with Gasteiger partial charge in [0.05, 0.1) is 12.0 Å². The van der Waals surface area contributed by atoms with Gasteiger partial charge in [-0.2, -0.15) is 0 Å². The highest BCUT2D eigenvalue weighted by atomic mass is 15.1. The molecule has 1 N–H and O–H groups in total. The first-order valence-electron chi connectivity index (χ1n) is 20.3. The van der Waals surface area contributed by atoms with E-state index in [4.69, 9.17) is 0 Å².